The molecule has 0 saturated carbocycles. The lowest BCUT2D eigenvalue weighted by Crippen LogP contribution is -2.00. The van der Waals surface area contributed by atoms with E-state index >= 15 is 0 Å². The first kappa shape index (κ1) is 20.4. The lowest BCUT2D eigenvalue weighted by Gasteiger charge is -2.03. The molecule has 0 saturated heterocycles. The van der Waals surface area contributed by atoms with E-state index in [1.807, 2.05) is 26.0 Å². The minimum Gasteiger partial charge on any atom is -0.478 e. The zero-order chi connectivity index (χ0) is 17.0. The van der Waals surface area contributed by atoms with Crippen molar-refractivity contribution in [2.45, 2.75) is 59.3 Å². The number of hydrogen-bond acceptors (Lipinski definition) is 2. The van der Waals surface area contributed by atoms with E-state index < -0.39 is 5.97 Å². The molecule has 0 aromatic rings. The number of aliphatic hydroxyl groups excluding tert-OH is 1. The molecule has 0 aromatic carbocycles. The molecule has 124 valence electrons. The highest BCUT2D eigenvalue weighted by Crippen LogP contribution is 2.13. The number of carboxylic acid groups (broad SMARTS) is 1. The summed E-state index contributed by atoms with van der Waals surface area (Å²) in [5.74, 6) is -0.848. The Labute approximate surface area is 134 Å². The van der Waals surface area contributed by atoms with Crippen molar-refractivity contribution in [1.29, 1.82) is 0 Å². The fourth-order valence-electron chi connectivity index (χ4n) is 1.98. The SMILES string of the molecule is C=C(C)CC/C=C(\C)CC/C=C(/CC/C=C(\C)CO)C(=O)O. The Kier molecular flexibility index (Phi) is 11.1. The summed E-state index contributed by atoms with van der Waals surface area (Å²) in [5.41, 5.74) is 3.80. The van der Waals surface area contributed by atoms with Crippen LogP contribution in [0.5, 0.6) is 0 Å². The smallest absolute Gasteiger partial charge is 0.331 e. The van der Waals surface area contributed by atoms with Crippen molar-refractivity contribution in [3.8, 4) is 0 Å². The van der Waals surface area contributed by atoms with Gasteiger partial charge in [-0.1, -0.05) is 34.9 Å². The summed E-state index contributed by atoms with van der Waals surface area (Å²) in [6.07, 6.45) is 10.7. The molecule has 3 nitrogen and oxygen atoms in total. The van der Waals surface area contributed by atoms with Crippen LogP contribution >= 0.6 is 0 Å². The Balaban J connectivity index is 4.32. The van der Waals surface area contributed by atoms with Gasteiger partial charge in [0.25, 0.3) is 0 Å². The first-order valence-electron chi connectivity index (χ1n) is 7.85. The van der Waals surface area contributed by atoms with E-state index in [2.05, 4.69) is 19.6 Å². The number of carbonyl (C=O) groups is 1. The lowest BCUT2D eigenvalue weighted by atomic mass is 10.0. The van der Waals surface area contributed by atoms with E-state index in [1.165, 1.54) is 11.1 Å². The van der Waals surface area contributed by atoms with Crippen molar-refractivity contribution in [2.75, 3.05) is 6.61 Å². The fourth-order valence-corrected chi connectivity index (χ4v) is 1.98. The molecule has 0 fully saturated rings. The van der Waals surface area contributed by atoms with Gasteiger partial charge in [0.05, 0.1) is 6.61 Å². The molecular formula is C19H30O3. The summed E-state index contributed by atoms with van der Waals surface area (Å²) in [6, 6.07) is 0. The summed E-state index contributed by atoms with van der Waals surface area (Å²) in [6.45, 7) is 9.85. The van der Waals surface area contributed by atoms with Crippen molar-refractivity contribution in [3.63, 3.8) is 0 Å². The van der Waals surface area contributed by atoms with Crippen molar-refractivity contribution >= 4 is 5.97 Å². The average Bonchev–Trinajstić information content (AvgIpc) is 2.44. The maximum Gasteiger partial charge on any atom is 0.331 e. The number of allylic oxidation sites excluding steroid dienone is 5. The standard InChI is InChI=1S/C19H30O3/c1-15(2)8-5-9-16(3)10-6-12-18(19(21)22)13-7-11-17(4)14-20/h9,11-12,20H,1,5-8,10,13-14H2,2-4H3,(H,21,22)/b16-9+,17-11+,18-12-. The molecule has 0 aliphatic rings. The summed E-state index contributed by atoms with van der Waals surface area (Å²) in [7, 11) is 0. The quantitative estimate of drug-likeness (QED) is 0.426. The molecule has 0 radical (unpaired) electrons. The maximum atomic E-state index is 11.2. The predicted molar refractivity (Wildman–Crippen MR) is 92.8 cm³/mol. The highest BCUT2D eigenvalue weighted by Gasteiger charge is 2.05. The molecule has 0 aliphatic heterocycles. The van der Waals surface area contributed by atoms with Gasteiger partial charge in [-0.3, -0.25) is 0 Å². The first-order valence-corrected chi connectivity index (χ1v) is 7.85. The maximum absolute atomic E-state index is 11.2. The molecular weight excluding hydrogens is 276 g/mol. The van der Waals surface area contributed by atoms with Crippen LogP contribution in [-0.2, 0) is 4.79 Å². The van der Waals surface area contributed by atoms with Crippen LogP contribution in [-0.4, -0.2) is 22.8 Å². The van der Waals surface area contributed by atoms with Gasteiger partial charge in [0, 0.05) is 5.57 Å². The Morgan fingerprint density at radius 1 is 0.909 bits per heavy atom. The molecule has 0 aliphatic carbocycles. The van der Waals surface area contributed by atoms with Gasteiger partial charge in [0.2, 0.25) is 0 Å². The van der Waals surface area contributed by atoms with Gasteiger partial charge >= 0.3 is 5.97 Å². The third kappa shape index (κ3) is 11.1. The Bertz CT molecular complexity index is 453. The molecule has 0 bridgehead atoms. The molecule has 0 rings (SSSR count). The summed E-state index contributed by atoms with van der Waals surface area (Å²) >= 11 is 0. The third-order valence-electron chi connectivity index (χ3n) is 3.42. The zero-order valence-electron chi connectivity index (χ0n) is 14.2. The van der Waals surface area contributed by atoms with Crippen LogP contribution in [0.25, 0.3) is 0 Å². The summed E-state index contributed by atoms with van der Waals surface area (Å²) in [5, 5.41) is 18.1. The third-order valence-corrected chi connectivity index (χ3v) is 3.42. The molecule has 3 heteroatoms. The van der Waals surface area contributed by atoms with Gasteiger partial charge in [0.15, 0.2) is 0 Å². The molecule has 0 aromatic heterocycles. The van der Waals surface area contributed by atoms with E-state index in [0.717, 1.165) is 31.3 Å². The zero-order valence-corrected chi connectivity index (χ0v) is 14.2. The van der Waals surface area contributed by atoms with Crippen LogP contribution in [0.1, 0.15) is 59.3 Å². The second kappa shape index (κ2) is 12.0. The molecule has 0 atom stereocenters. The first-order chi connectivity index (χ1) is 10.4. The van der Waals surface area contributed by atoms with Crippen molar-refractivity contribution in [2.24, 2.45) is 0 Å². The van der Waals surface area contributed by atoms with Crippen LogP contribution in [0.4, 0.5) is 0 Å². The fraction of sp³-hybridized carbons (Fsp3) is 0.526. The second-order valence-electron chi connectivity index (χ2n) is 5.87. The van der Waals surface area contributed by atoms with Crippen molar-refractivity contribution in [1.82, 2.24) is 0 Å². The molecule has 22 heavy (non-hydrogen) atoms. The van der Waals surface area contributed by atoms with Gasteiger partial charge in [0.1, 0.15) is 0 Å². The lowest BCUT2D eigenvalue weighted by molar-refractivity contribution is -0.132. The highest BCUT2D eigenvalue weighted by atomic mass is 16.4. The number of carboxylic acids is 1. The second-order valence-corrected chi connectivity index (χ2v) is 5.87. The molecule has 2 N–H and O–H groups in total. The Hall–Kier alpha value is -1.61. The topological polar surface area (TPSA) is 57.5 Å². The van der Waals surface area contributed by atoms with E-state index in [0.29, 0.717) is 18.4 Å². The Morgan fingerprint density at radius 3 is 2.00 bits per heavy atom. The molecule has 0 heterocycles. The average molecular weight is 306 g/mol. The van der Waals surface area contributed by atoms with Gasteiger partial charge in [-0.25, -0.2) is 4.79 Å². The van der Waals surface area contributed by atoms with E-state index in [9.17, 15) is 9.90 Å². The largest absolute Gasteiger partial charge is 0.478 e. The Morgan fingerprint density at radius 2 is 1.45 bits per heavy atom. The van der Waals surface area contributed by atoms with Crippen LogP contribution in [0.3, 0.4) is 0 Å². The van der Waals surface area contributed by atoms with Crippen LogP contribution in [0, 0.1) is 0 Å². The van der Waals surface area contributed by atoms with Gasteiger partial charge in [-0.15, -0.1) is 6.58 Å². The number of aliphatic hydroxyl groups is 1. The van der Waals surface area contributed by atoms with Crippen LogP contribution < -0.4 is 0 Å². The monoisotopic (exact) mass is 306 g/mol. The number of hydrogen-bond donors (Lipinski definition) is 2. The predicted octanol–water partition coefficient (Wildman–Crippen LogP) is 4.80. The van der Waals surface area contributed by atoms with Gasteiger partial charge in [-0.05, 0) is 59.3 Å². The van der Waals surface area contributed by atoms with Crippen LogP contribution in [0.15, 0.2) is 47.1 Å². The minimum atomic E-state index is -0.848. The van der Waals surface area contributed by atoms with E-state index in [4.69, 9.17) is 5.11 Å². The van der Waals surface area contributed by atoms with Gasteiger partial charge < -0.3 is 10.2 Å². The summed E-state index contributed by atoms with van der Waals surface area (Å²) < 4.78 is 0. The summed E-state index contributed by atoms with van der Waals surface area (Å²) in [4.78, 5) is 11.2. The molecule has 0 amide bonds. The van der Waals surface area contributed by atoms with Gasteiger partial charge in [-0.2, -0.15) is 0 Å². The molecule has 0 unspecified atom stereocenters. The van der Waals surface area contributed by atoms with Crippen molar-refractivity contribution < 1.29 is 15.0 Å². The highest BCUT2D eigenvalue weighted by molar-refractivity contribution is 5.86. The number of aliphatic carboxylic acids is 1. The van der Waals surface area contributed by atoms with E-state index in [1.54, 1.807) is 0 Å². The number of rotatable bonds is 11. The van der Waals surface area contributed by atoms with E-state index in [-0.39, 0.29) is 6.61 Å². The normalized spacial score (nSPS) is 13.4. The molecule has 0 spiro atoms. The van der Waals surface area contributed by atoms with Crippen LogP contribution in [0.2, 0.25) is 0 Å². The minimum absolute atomic E-state index is 0.0281. The van der Waals surface area contributed by atoms with Crippen molar-refractivity contribution in [3.05, 3.63) is 47.1 Å².